The van der Waals surface area contributed by atoms with Gasteiger partial charge in [0.15, 0.2) is 0 Å². The quantitative estimate of drug-likeness (QED) is 0.637. The summed E-state index contributed by atoms with van der Waals surface area (Å²) in [5, 5.41) is 4.24. The molecule has 1 aliphatic rings. The molecule has 21 heavy (non-hydrogen) atoms. The van der Waals surface area contributed by atoms with Crippen LogP contribution in [-0.2, 0) is 16.0 Å². The van der Waals surface area contributed by atoms with Gasteiger partial charge in [-0.05, 0) is 31.0 Å². The minimum absolute atomic E-state index is 0.633. The Labute approximate surface area is 131 Å². The van der Waals surface area contributed by atoms with Gasteiger partial charge in [0, 0.05) is 43.3 Å². The predicted octanol–water partition coefficient (Wildman–Crippen LogP) is 3.02. The van der Waals surface area contributed by atoms with E-state index in [0.29, 0.717) is 32.5 Å². The van der Waals surface area contributed by atoms with Crippen molar-refractivity contribution in [1.82, 2.24) is 5.32 Å². The molecule has 0 radical (unpaired) electrons. The van der Waals surface area contributed by atoms with E-state index in [-0.39, 0.29) is 0 Å². The summed E-state index contributed by atoms with van der Waals surface area (Å²) in [5.74, 6) is 0.907. The third kappa shape index (κ3) is 6.66. The summed E-state index contributed by atoms with van der Waals surface area (Å²) >= 11 is 6.06. The highest BCUT2D eigenvalue weighted by Crippen LogP contribution is 2.25. The predicted molar refractivity (Wildman–Crippen MR) is 84.1 cm³/mol. The highest BCUT2D eigenvalue weighted by atomic mass is 35.5. The van der Waals surface area contributed by atoms with E-state index in [4.69, 9.17) is 25.8 Å². The number of hydrogen-bond acceptors (Lipinski definition) is 4. The largest absolute Gasteiger partial charge is 0.493 e. The van der Waals surface area contributed by atoms with Crippen LogP contribution in [0.1, 0.15) is 24.8 Å². The van der Waals surface area contributed by atoms with Gasteiger partial charge in [0.25, 0.3) is 0 Å². The van der Waals surface area contributed by atoms with Gasteiger partial charge >= 0.3 is 0 Å². The number of nitrogens with one attached hydrogen (secondary N) is 1. The van der Waals surface area contributed by atoms with Gasteiger partial charge in [-0.3, -0.25) is 0 Å². The lowest BCUT2D eigenvalue weighted by Gasteiger charge is -2.13. The molecule has 1 aromatic carbocycles. The van der Waals surface area contributed by atoms with E-state index in [1.807, 2.05) is 18.2 Å². The number of rotatable bonds is 11. The topological polar surface area (TPSA) is 39.7 Å². The van der Waals surface area contributed by atoms with E-state index in [2.05, 4.69) is 5.32 Å². The Morgan fingerprint density at radius 3 is 2.81 bits per heavy atom. The molecule has 5 heteroatoms. The first-order chi connectivity index (χ1) is 10.3. The van der Waals surface area contributed by atoms with Crippen molar-refractivity contribution in [2.45, 2.75) is 31.8 Å². The maximum Gasteiger partial charge on any atom is 0.123 e. The van der Waals surface area contributed by atoms with Gasteiger partial charge in [-0.25, -0.2) is 0 Å². The average molecular weight is 314 g/mol. The molecule has 1 aliphatic carbocycles. The molecule has 0 bridgehead atoms. The molecule has 0 heterocycles. The first-order valence-electron chi connectivity index (χ1n) is 7.51. The van der Waals surface area contributed by atoms with E-state index >= 15 is 0 Å². The Morgan fingerprint density at radius 1 is 1.19 bits per heavy atom. The van der Waals surface area contributed by atoms with Crippen LogP contribution in [0.25, 0.3) is 0 Å². The van der Waals surface area contributed by atoms with Gasteiger partial charge in [0.2, 0.25) is 0 Å². The number of methoxy groups -OCH3 is 1. The molecule has 0 spiro atoms. The molecule has 0 saturated heterocycles. The Hall–Kier alpha value is -0.810. The Bertz CT molecular complexity index is 424. The van der Waals surface area contributed by atoms with Crippen molar-refractivity contribution in [3.8, 4) is 5.75 Å². The van der Waals surface area contributed by atoms with Crippen molar-refractivity contribution in [3.63, 3.8) is 0 Å². The van der Waals surface area contributed by atoms with Crippen LogP contribution in [0.15, 0.2) is 18.2 Å². The van der Waals surface area contributed by atoms with Crippen LogP contribution in [-0.4, -0.2) is 39.6 Å². The molecular formula is C16H24ClNO3. The fourth-order valence-electron chi connectivity index (χ4n) is 1.96. The van der Waals surface area contributed by atoms with Crippen molar-refractivity contribution in [3.05, 3.63) is 28.8 Å². The minimum Gasteiger partial charge on any atom is -0.493 e. The van der Waals surface area contributed by atoms with Crippen molar-refractivity contribution in [1.29, 1.82) is 0 Å². The standard InChI is InChI=1S/C16H24ClNO3/c1-19-9-10-20-7-2-8-21-16-6-3-14(17)11-13(16)12-18-15-4-5-15/h3,6,11,15,18H,2,4-5,7-10,12H2,1H3. The van der Waals surface area contributed by atoms with E-state index in [1.165, 1.54) is 12.8 Å². The zero-order chi connectivity index (χ0) is 14.9. The molecule has 1 aromatic rings. The van der Waals surface area contributed by atoms with Gasteiger partial charge in [-0.2, -0.15) is 0 Å². The zero-order valence-corrected chi connectivity index (χ0v) is 13.3. The maximum atomic E-state index is 6.06. The molecule has 0 atom stereocenters. The average Bonchev–Trinajstić information content (AvgIpc) is 3.30. The summed E-state index contributed by atoms with van der Waals surface area (Å²) in [6.07, 6.45) is 3.41. The number of halogens is 1. The molecule has 0 unspecified atom stereocenters. The SMILES string of the molecule is COCCOCCCOc1ccc(Cl)cc1CNC1CC1. The first-order valence-corrected chi connectivity index (χ1v) is 7.88. The summed E-state index contributed by atoms with van der Waals surface area (Å²) in [5.41, 5.74) is 1.12. The molecule has 2 rings (SSSR count). The van der Waals surface area contributed by atoms with Gasteiger partial charge < -0.3 is 19.5 Å². The summed E-state index contributed by atoms with van der Waals surface area (Å²) in [7, 11) is 1.67. The molecule has 0 amide bonds. The van der Waals surface area contributed by atoms with Crippen molar-refractivity contribution in [2.24, 2.45) is 0 Å². The Morgan fingerprint density at radius 2 is 2.05 bits per heavy atom. The van der Waals surface area contributed by atoms with Crippen LogP contribution in [0, 0.1) is 0 Å². The zero-order valence-electron chi connectivity index (χ0n) is 12.6. The second-order valence-corrected chi connectivity index (χ2v) is 5.65. The molecule has 1 fully saturated rings. The molecular weight excluding hydrogens is 290 g/mol. The lowest BCUT2D eigenvalue weighted by molar-refractivity contribution is 0.0644. The lowest BCUT2D eigenvalue weighted by atomic mass is 10.2. The van der Waals surface area contributed by atoms with Crippen LogP contribution >= 0.6 is 11.6 Å². The van der Waals surface area contributed by atoms with Crippen molar-refractivity contribution < 1.29 is 14.2 Å². The summed E-state index contributed by atoms with van der Waals surface area (Å²) in [6, 6.07) is 6.46. The minimum atomic E-state index is 0.633. The Kier molecular flexibility index (Phi) is 7.30. The fraction of sp³-hybridized carbons (Fsp3) is 0.625. The summed E-state index contributed by atoms with van der Waals surface area (Å²) < 4.78 is 16.2. The normalized spacial score (nSPS) is 14.4. The first kappa shape index (κ1) is 16.6. The highest BCUT2D eigenvalue weighted by molar-refractivity contribution is 6.30. The summed E-state index contributed by atoms with van der Waals surface area (Å²) in [6.45, 7) is 3.41. The van der Waals surface area contributed by atoms with Crippen LogP contribution in [0.3, 0.4) is 0 Å². The Balaban J connectivity index is 1.70. The molecule has 0 aliphatic heterocycles. The number of hydrogen-bond donors (Lipinski definition) is 1. The van der Waals surface area contributed by atoms with E-state index in [1.54, 1.807) is 7.11 Å². The number of benzene rings is 1. The van der Waals surface area contributed by atoms with Gasteiger partial charge in [0.05, 0.1) is 19.8 Å². The molecule has 1 saturated carbocycles. The van der Waals surface area contributed by atoms with Crippen molar-refractivity contribution in [2.75, 3.05) is 33.5 Å². The van der Waals surface area contributed by atoms with E-state index in [9.17, 15) is 0 Å². The maximum absolute atomic E-state index is 6.06. The van der Waals surface area contributed by atoms with Crippen LogP contribution in [0.5, 0.6) is 5.75 Å². The van der Waals surface area contributed by atoms with Crippen LogP contribution in [0.2, 0.25) is 5.02 Å². The summed E-state index contributed by atoms with van der Waals surface area (Å²) in [4.78, 5) is 0. The molecule has 4 nitrogen and oxygen atoms in total. The van der Waals surface area contributed by atoms with Crippen molar-refractivity contribution >= 4 is 11.6 Å². The smallest absolute Gasteiger partial charge is 0.123 e. The van der Waals surface area contributed by atoms with Gasteiger partial charge in [-0.1, -0.05) is 11.6 Å². The molecule has 118 valence electrons. The van der Waals surface area contributed by atoms with Crippen LogP contribution in [0.4, 0.5) is 0 Å². The molecule has 0 aromatic heterocycles. The van der Waals surface area contributed by atoms with Gasteiger partial charge in [0.1, 0.15) is 5.75 Å². The third-order valence-corrected chi connectivity index (χ3v) is 3.54. The third-order valence-electron chi connectivity index (χ3n) is 3.30. The molecule has 1 N–H and O–H groups in total. The second-order valence-electron chi connectivity index (χ2n) is 5.21. The highest BCUT2D eigenvalue weighted by Gasteiger charge is 2.20. The number of ether oxygens (including phenoxy) is 3. The fourth-order valence-corrected chi connectivity index (χ4v) is 2.15. The lowest BCUT2D eigenvalue weighted by Crippen LogP contribution is -2.16. The van der Waals surface area contributed by atoms with Gasteiger partial charge in [-0.15, -0.1) is 0 Å². The van der Waals surface area contributed by atoms with E-state index < -0.39 is 0 Å². The monoisotopic (exact) mass is 313 g/mol. The van der Waals surface area contributed by atoms with E-state index in [0.717, 1.165) is 29.3 Å². The second kappa shape index (κ2) is 9.26. The van der Waals surface area contributed by atoms with Crippen LogP contribution < -0.4 is 10.1 Å².